The van der Waals surface area contributed by atoms with Crippen LogP contribution in [0.1, 0.15) is 29.6 Å². The van der Waals surface area contributed by atoms with Gasteiger partial charge in [0.25, 0.3) is 0 Å². The number of thiophene rings is 1. The van der Waals surface area contributed by atoms with E-state index in [1.807, 2.05) is 11.3 Å². The normalized spacial score (nSPS) is 19.6. The highest BCUT2D eigenvalue weighted by Gasteiger charge is 2.24. The summed E-state index contributed by atoms with van der Waals surface area (Å²) in [7, 11) is 0. The van der Waals surface area contributed by atoms with Gasteiger partial charge < -0.3 is 20.1 Å². The van der Waals surface area contributed by atoms with Crippen molar-refractivity contribution in [1.82, 2.24) is 9.97 Å². The van der Waals surface area contributed by atoms with E-state index >= 15 is 0 Å². The maximum Gasteiger partial charge on any atom is 0.187 e. The molecule has 7 heteroatoms. The minimum absolute atomic E-state index is 0.394. The van der Waals surface area contributed by atoms with Crippen LogP contribution >= 0.6 is 11.3 Å². The molecule has 3 N–H and O–H groups in total. The molecule has 24 heavy (non-hydrogen) atoms. The highest BCUT2D eigenvalue weighted by molar-refractivity contribution is 7.19. The van der Waals surface area contributed by atoms with Gasteiger partial charge in [-0.2, -0.15) is 0 Å². The molecule has 2 aromatic heterocycles. The van der Waals surface area contributed by atoms with Crippen molar-refractivity contribution in [3.05, 3.63) is 16.3 Å². The van der Waals surface area contributed by atoms with Crippen molar-refractivity contribution in [2.24, 2.45) is 0 Å². The second-order valence-corrected chi connectivity index (χ2v) is 7.88. The maximum absolute atomic E-state index is 9.64. The Bertz CT molecular complexity index is 725. The Morgan fingerprint density at radius 2 is 2.12 bits per heavy atom. The third kappa shape index (κ3) is 3.26. The van der Waals surface area contributed by atoms with Gasteiger partial charge in [0.1, 0.15) is 30.3 Å². The highest BCUT2D eigenvalue weighted by Crippen LogP contribution is 2.39. The Labute approximate surface area is 145 Å². The molecule has 0 amide bonds. The fourth-order valence-corrected chi connectivity index (χ4v) is 4.83. The van der Waals surface area contributed by atoms with E-state index in [9.17, 15) is 5.11 Å². The number of hydrogen-bond donors (Lipinski definition) is 3. The van der Waals surface area contributed by atoms with E-state index in [-0.39, 0.29) is 0 Å². The zero-order chi connectivity index (χ0) is 16.5. The van der Waals surface area contributed by atoms with Crippen LogP contribution in [0.25, 0.3) is 10.2 Å². The van der Waals surface area contributed by atoms with Gasteiger partial charge in [0.2, 0.25) is 0 Å². The van der Waals surface area contributed by atoms with Crippen molar-refractivity contribution in [2.75, 3.05) is 38.2 Å². The lowest BCUT2D eigenvalue weighted by atomic mass is 10.2. The number of ether oxygens (including phenoxy) is 1. The third-order valence-electron chi connectivity index (χ3n) is 4.78. The Kier molecular flexibility index (Phi) is 4.67. The minimum Gasteiger partial charge on any atom is -0.392 e. The fourth-order valence-electron chi connectivity index (χ4n) is 3.55. The number of aliphatic hydroxyl groups excluding tert-OH is 1. The standard InChI is InChI=1S/C17H24N4O2S/c1-11(22)9-18-16-15-12-3-2-4-13(12)24-17(15)20-14(19-16)10-21-5-7-23-8-6-21/h11,22H,2-10H2,1H3,(H,18,19,20)/p+1/t11-/m0/s1. The van der Waals surface area contributed by atoms with Crippen LogP contribution < -0.4 is 10.2 Å². The van der Waals surface area contributed by atoms with Crippen LogP contribution in [0, 0.1) is 0 Å². The van der Waals surface area contributed by atoms with Gasteiger partial charge in [-0.3, -0.25) is 0 Å². The summed E-state index contributed by atoms with van der Waals surface area (Å²) in [5.74, 6) is 1.80. The molecular formula is C17H25N4O2S+. The molecule has 1 aliphatic carbocycles. The highest BCUT2D eigenvalue weighted by atomic mass is 32.1. The van der Waals surface area contributed by atoms with Crippen LogP contribution in [0.5, 0.6) is 0 Å². The molecule has 0 spiro atoms. The summed E-state index contributed by atoms with van der Waals surface area (Å²) in [6, 6.07) is 0. The first-order chi connectivity index (χ1) is 11.7. The Balaban J connectivity index is 1.67. The van der Waals surface area contributed by atoms with Gasteiger partial charge in [-0.1, -0.05) is 0 Å². The molecule has 1 aliphatic heterocycles. The number of aromatic nitrogens is 2. The molecule has 0 aromatic carbocycles. The summed E-state index contributed by atoms with van der Waals surface area (Å²) >= 11 is 1.82. The number of rotatable bonds is 5. The van der Waals surface area contributed by atoms with Crippen LogP contribution in [0.4, 0.5) is 5.82 Å². The van der Waals surface area contributed by atoms with Crippen molar-refractivity contribution < 1.29 is 14.7 Å². The summed E-state index contributed by atoms with van der Waals surface area (Å²) in [5.41, 5.74) is 1.42. The van der Waals surface area contributed by atoms with Gasteiger partial charge in [0.15, 0.2) is 5.82 Å². The number of nitrogens with one attached hydrogen (secondary N) is 2. The van der Waals surface area contributed by atoms with Gasteiger partial charge in [0, 0.05) is 11.4 Å². The third-order valence-corrected chi connectivity index (χ3v) is 5.97. The van der Waals surface area contributed by atoms with E-state index < -0.39 is 6.10 Å². The number of anilines is 1. The van der Waals surface area contributed by atoms with Crippen molar-refractivity contribution in [3.8, 4) is 0 Å². The number of aryl methyl sites for hydroxylation is 2. The molecule has 2 aromatic rings. The van der Waals surface area contributed by atoms with Gasteiger partial charge in [-0.05, 0) is 31.7 Å². The molecule has 1 saturated heterocycles. The smallest absolute Gasteiger partial charge is 0.187 e. The molecular weight excluding hydrogens is 324 g/mol. The molecule has 130 valence electrons. The second kappa shape index (κ2) is 6.92. The molecule has 4 rings (SSSR count). The quantitative estimate of drug-likeness (QED) is 0.728. The number of quaternary nitrogens is 1. The number of fused-ring (bicyclic) bond motifs is 3. The number of morpholine rings is 1. The van der Waals surface area contributed by atoms with Crippen LogP contribution in [0.3, 0.4) is 0 Å². The fraction of sp³-hybridized carbons (Fsp3) is 0.647. The van der Waals surface area contributed by atoms with Crippen molar-refractivity contribution in [3.63, 3.8) is 0 Å². The average Bonchev–Trinajstić information content (AvgIpc) is 3.14. The molecule has 0 bridgehead atoms. The molecule has 1 atom stereocenters. The lowest BCUT2D eigenvalue weighted by molar-refractivity contribution is -0.922. The molecule has 1 fully saturated rings. The van der Waals surface area contributed by atoms with E-state index in [0.717, 1.165) is 62.2 Å². The molecule has 0 radical (unpaired) electrons. The first kappa shape index (κ1) is 16.2. The van der Waals surface area contributed by atoms with Gasteiger partial charge in [-0.25, -0.2) is 9.97 Å². The van der Waals surface area contributed by atoms with Crippen LogP contribution in [-0.2, 0) is 24.1 Å². The summed E-state index contributed by atoms with van der Waals surface area (Å²) in [4.78, 5) is 13.7. The monoisotopic (exact) mass is 349 g/mol. The number of nitrogens with zero attached hydrogens (tertiary/aromatic N) is 2. The Hall–Kier alpha value is -1.28. The van der Waals surface area contributed by atoms with Crippen molar-refractivity contribution in [2.45, 2.75) is 38.8 Å². The van der Waals surface area contributed by atoms with Crippen LogP contribution in [-0.4, -0.2) is 54.0 Å². The lowest BCUT2D eigenvalue weighted by Crippen LogP contribution is -3.12. The Morgan fingerprint density at radius 3 is 2.92 bits per heavy atom. The summed E-state index contributed by atoms with van der Waals surface area (Å²) in [6.07, 6.45) is 3.12. The SMILES string of the molecule is C[C@H](O)CNc1nc(C[NH+]2CCOCC2)nc2sc3c(c12)CCC3. The maximum atomic E-state index is 9.64. The zero-order valence-corrected chi connectivity index (χ0v) is 14.9. The average molecular weight is 349 g/mol. The van der Waals surface area contributed by atoms with E-state index in [0.29, 0.717) is 6.54 Å². The summed E-state index contributed by atoms with van der Waals surface area (Å²) in [6.45, 7) is 6.81. The molecule has 2 aliphatic rings. The van der Waals surface area contributed by atoms with Crippen LogP contribution in [0.15, 0.2) is 0 Å². The van der Waals surface area contributed by atoms with Crippen molar-refractivity contribution in [1.29, 1.82) is 0 Å². The largest absolute Gasteiger partial charge is 0.392 e. The van der Waals surface area contributed by atoms with E-state index in [2.05, 4.69) is 5.32 Å². The van der Waals surface area contributed by atoms with Gasteiger partial charge in [-0.15, -0.1) is 11.3 Å². The van der Waals surface area contributed by atoms with E-state index in [4.69, 9.17) is 14.7 Å². The summed E-state index contributed by atoms with van der Waals surface area (Å²) in [5, 5.41) is 14.2. The van der Waals surface area contributed by atoms with Crippen molar-refractivity contribution >= 4 is 27.4 Å². The van der Waals surface area contributed by atoms with E-state index in [1.54, 1.807) is 6.92 Å². The molecule has 0 saturated carbocycles. The van der Waals surface area contributed by atoms with Crippen LogP contribution in [0.2, 0.25) is 0 Å². The minimum atomic E-state index is -0.394. The predicted octanol–water partition coefficient (Wildman–Crippen LogP) is 0.388. The first-order valence-electron chi connectivity index (χ1n) is 8.85. The number of aliphatic hydroxyl groups is 1. The Morgan fingerprint density at radius 1 is 1.29 bits per heavy atom. The van der Waals surface area contributed by atoms with Gasteiger partial charge in [0.05, 0.1) is 24.7 Å². The van der Waals surface area contributed by atoms with Gasteiger partial charge >= 0.3 is 0 Å². The topological polar surface area (TPSA) is 71.7 Å². The first-order valence-corrected chi connectivity index (χ1v) is 9.67. The second-order valence-electron chi connectivity index (χ2n) is 6.80. The molecule has 6 nitrogen and oxygen atoms in total. The van der Waals surface area contributed by atoms with E-state index in [1.165, 1.54) is 27.1 Å². The molecule has 3 heterocycles. The predicted molar refractivity (Wildman–Crippen MR) is 94.8 cm³/mol. The summed E-state index contributed by atoms with van der Waals surface area (Å²) < 4.78 is 5.44. The lowest BCUT2D eigenvalue weighted by Gasteiger charge is -2.23. The number of hydrogen-bond acceptors (Lipinski definition) is 6. The molecule has 0 unspecified atom stereocenters. The zero-order valence-electron chi connectivity index (χ0n) is 14.1.